The number of nitrogens with zero attached hydrogens (tertiary/aromatic N) is 3. The van der Waals surface area contributed by atoms with Gasteiger partial charge in [0.1, 0.15) is 12.2 Å². The first kappa shape index (κ1) is 5.89. The summed E-state index contributed by atoms with van der Waals surface area (Å²) in [6.07, 6.45) is 5.80. The van der Waals surface area contributed by atoms with E-state index in [9.17, 15) is 0 Å². The topological polar surface area (TPSA) is 30.7 Å². The highest BCUT2D eigenvalue weighted by Gasteiger charge is 2.20. The number of hydrogen-bond donors (Lipinski definition) is 0. The van der Waals surface area contributed by atoms with Crippen molar-refractivity contribution in [3.05, 3.63) is 12.2 Å². The van der Waals surface area contributed by atoms with Crippen molar-refractivity contribution < 1.29 is 0 Å². The maximum absolute atomic E-state index is 3.93. The largest absolute Gasteiger partial charge is 0.315 e. The minimum absolute atomic E-state index is 0.704. The molecule has 2 rings (SSSR count). The summed E-state index contributed by atoms with van der Waals surface area (Å²) in [6.45, 7) is 2.01. The van der Waals surface area contributed by atoms with E-state index in [1.807, 2.05) is 13.3 Å². The zero-order chi connectivity index (χ0) is 6.97. The Morgan fingerprint density at radius 3 is 2.80 bits per heavy atom. The summed E-state index contributed by atoms with van der Waals surface area (Å²) in [4.78, 5) is 0. The summed E-state index contributed by atoms with van der Waals surface area (Å²) < 4.78 is 2.17. The Hall–Kier alpha value is -0.860. The molecule has 0 N–H and O–H groups in total. The van der Waals surface area contributed by atoms with Gasteiger partial charge in [-0.25, -0.2) is 0 Å². The molecule has 1 heterocycles. The molecule has 0 unspecified atom stereocenters. The van der Waals surface area contributed by atoms with E-state index in [1.165, 1.54) is 19.3 Å². The van der Waals surface area contributed by atoms with Gasteiger partial charge in [-0.2, -0.15) is 0 Å². The van der Waals surface area contributed by atoms with Crippen LogP contribution in [0.15, 0.2) is 6.33 Å². The van der Waals surface area contributed by atoms with Crippen molar-refractivity contribution in [1.82, 2.24) is 14.8 Å². The monoisotopic (exact) mass is 137 g/mol. The van der Waals surface area contributed by atoms with Gasteiger partial charge in [-0.05, 0) is 26.2 Å². The lowest BCUT2D eigenvalue weighted by Gasteiger charge is -2.26. The quantitative estimate of drug-likeness (QED) is 0.584. The van der Waals surface area contributed by atoms with Gasteiger partial charge in [0.25, 0.3) is 0 Å². The lowest BCUT2D eigenvalue weighted by Crippen LogP contribution is -2.17. The van der Waals surface area contributed by atoms with E-state index in [0.717, 1.165) is 5.82 Å². The van der Waals surface area contributed by atoms with Gasteiger partial charge in [-0.15, -0.1) is 10.2 Å². The van der Waals surface area contributed by atoms with Crippen molar-refractivity contribution in [3.63, 3.8) is 0 Å². The molecule has 1 saturated carbocycles. The number of rotatable bonds is 1. The van der Waals surface area contributed by atoms with E-state index in [2.05, 4.69) is 14.8 Å². The maximum atomic E-state index is 3.93. The summed E-state index contributed by atoms with van der Waals surface area (Å²) in [7, 11) is 0. The zero-order valence-corrected chi connectivity index (χ0v) is 6.12. The van der Waals surface area contributed by atoms with E-state index >= 15 is 0 Å². The second-order valence-corrected chi connectivity index (χ2v) is 2.87. The Balaban J connectivity index is 2.23. The zero-order valence-electron chi connectivity index (χ0n) is 6.12. The molecule has 0 bridgehead atoms. The number of aryl methyl sites for hydroxylation is 1. The van der Waals surface area contributed by atoms with Crippen molar-refractivity contribution in [2.75, 3.05) is 0 Å². The molecule has 1 aromatic rings. The maximum Gasteiger partial charge on any atom is 0.129 e. The van der Waals surface area contributed by atoms with Gasteiger partial charge in [0.05, 0.1) is 0 Å². The van der Waals surface area contributed by atoms with Crippen LogP contribution in [-0.2, 0) is 0 Å². The van der Waals surface area contributed by atoms with E-state index in [-0.39, 0.29) is 0 Å². The summed E-state index contributed by atoms with van der Waals surface area (Å²) in [5.74, 6) is 1.05. The molecule has 0 radical (unpaired) electrons. The van der Waals surface area contributed by atoms with Crippen LogP contribution in [0.3, 0.4) is 0 Å². The first-order chi connectivity index (χ1) is 4.88. The van der Waals surface area contributed by atoms with Crippen LogP contribution in [0.2, 0.25) is 0 Å². The third-order valence-corrected chi connectivity index (χ3v) is 2.22. The van der Waals surface area contributed by atoms with Crippen LogP contribution >= 0.6 is 0 Å². The van der Waals surface area contributed by atoms with Gasteiger partial charge >= 0.3 is 0 Å². The van der Waals surface area contributed by atoms with Crippen LogP contribution in [0.4, 0.5) is 0 Å². The molecule has 0 aromatic carbocycles. The average molecular weight is 137 g/mol. The van der Waals surface area contributed by atoms with Crippen molar-refractivity contribution in [2.45, 2.75) is 32.2 Å². The molecule has 1 fully saturated rings. The van der Waals surface area contributed by atoms with Crippen molar-refractivity contribution in [2.24, 2.45) is 0 Å². The molecular formula is C7H11N3. The second-order valence-electron chi connectivity index (χ2n) is 2.87. The third kappa shape index (κ3) is 0.735. The van der Waals surface area contributed by atoms with E-state index < -0.39 is 0 Å². The molecule has 10 heavy (non-hydrogen) atoms. The molecule has 1 aliphatic carbocycles. The fraction of sp³-hybridized carbons (Fsp3) is 0.714. The molecule has 54 valence electrons. The second kappa shape index (κ2) is 2.08. The summed E-state index contributed by atoms with van der Waals surface area (Å²) in [6, 6.07) is 0.704. The predicted octanol–water partition coefficient (Wildman–Crippen LogP) is 1.31. The van der Waals surface area contributed by atoms with E-state index in [0.29, 0.717) is 6.04 Å². The smallest absolute Gasteiger partial charge is 0.129 e. The van der Waals surface area contributed by atoms with Crippen molar-refractivity contribution in [1.29, 1.82) is 0 Å². The van der Waals surface area contributed by atoms with Gasteiger partial charge in [0.2, 0.25) is 0 Å². The van der Waals surface area contributed by atoms with Crippen LogP contribution in [0, 0.1) is 6.92 Å². The Morgan fingerprint density at radius 1 is 1.60 bits per heavy atom. The molecule has 0 amide bonds. The molecule has 1 aromatic heterocycles. The summed E-state index contributed by atoms with van der Waals surface area (Å²) >= 11 is 0. The number of aromatic nitrogens is 3. The Kier molecular flexibility index (Phi) is 1.22. The highest BCUT2D eigenvalue weighted by Crippen LogP contribution is 2.31. The Labute approximate surface area is 60.1 Å². The van der Waals surface area contributed by atoms with Gasteiger partial charge in [0, 0.05) is 6.04 Å². The van der Waals surface area contributed by atoms with Gasteiger partial charge < -0.3 is 4.57 Å². The summed E-state index contributed by atoms with van der Waals surface area (Å²) in [5, 5.41) is 7.77. The molecule has 0 aliphatic heterocycles. The van der Waals surface area contributed by atoms with E-state index in [1.54, 1.807) is 0 Å². The van der Waals surface area contributed by atoms with Crippen LogP contribution in [0.5, 0.6) is 0 Å². The Morgan fingerprint density at radius 2 is 2.40 bits per heavy atom. The first-order valence-electron chi connectivity index (χ1n) is 3.74. The fourth-order valence-electron chi connectivity index (χ4n) is 1.32. The molecule has 0 atom stereocenters. The lowest BCUT2D eigenvalue weighted by molar-refractivity contribution is 0.308. The lowest BCUT2D eigenvalue weighted by atomic mass is 9.93. The third-order valence-electron chi connectivity index (χ3n) is 2.22. The molecule has 0 saturated heterocycles. The van der Waals surface area contributed by atoms with Crippen molar-refractivity contribution >= 4 is 0 Å². The van der Waals surface area contributed by atoms with Gasteiger partial charge in [-0.3, -0.25) is 0 Å². The van der Waals surface area contributed by atoms with Crippen LogP contribution in [0.1, 0.15) is 31.1 Å². The fourth-order valence-corrected chi connectivity index (χ4v) is 1.32. The standard InChI is InChI=1S/C7H11N3/c1-6-9-8-5-10(6)7-3-2-4-7/h5,7H,2-4H2,1H3. The van der Waals surface area contributed by atoms with Gasteiger partial charge in [-0.1, -0.05) is 0 Å². The van der Waals surface area contributed by atoms with Gasteiger partial charge in [0.15, 0.2) is 0 Å². The minimum atomic E-state index is 0.704. The van der Waals surface area contributed by atoms with Crippen LogP contribution in [-0.4, -0.2) is 14.8 Å². The molecule has 1 aliphatic rings. The highest BCUT2D eigenvalue weighted by molar-refractivity contribution is 4.88. The molecular weight excluding hydrogens is 126 g/mol. The molecule has 3 heteroatoms. The average Bonchev–Trinajstić information content (AvgIpc) is 2.12. The SMILES string of the molecule is Cc1nncn1C1CCC1. The minimum Gasteiger partial charge on any atom is -0.315 e. The van der Waals surface area contributed by atoms with Crippen LogP contribution < -0.4 is 0 Å². The summed E-state index contributed by atoms with van der Waals surface area (Å²) in [5.41, 5.74) is 0. The predicted molar refractivity (Wildman–Crippen MR) is 37.6 cm³/mol. The molecule has 3 nitrogen and oxygen atoms in total. The van der Waals surface area contributed by atoms with Crippen LogP contribution in [0.25, 0.3) is 0 Å². The normalized spacial score (nSPS) is 18.9. The molecule has 0 spiro atoms. The highest BCUT2D eigenvalue weighted by atomic mass is 15.3. The Bertz CT molecular complexity index is 225. The first-order valence-corrected chi connectivity index (χ1v) is 3.74. The van der Waals surface area contributed by atoms with E-state index in [4.69, 9.17) is 0 Å². The number of hydrogen-bond acceptors (Lipinski definition) is 2. The van der Waals surface area contributed by atoms with Crippen molar-refractivity contribution in [3.8, 4) is 0 Å².